The number of esters is 1. The van der Waals surface area contributed by atoms with E-state index in [4.69, 9.17) is 9.47 Å². The Hall–Kier alpha value is -2.74. The summed E-state index contributed by atoms with van der Waals surface area (Å²) in [5.41, 5.74) is 0.703. The zero-order chi connectivity index (χ0) is 21.3. The molecule has 8 nitrogen and oxygen atoms in total. The van der Waals surface area contributed by atoms with Crippen LogP contribution in [0.4, 0.5) is 0 Å². The van der Waals surface area contributed by atoms with Crippen LogP contribution < -0.4 is 0 Å². The van der Waals surface area contributed by atoms with Crippen molar-refractivity contribution in [3.8, 4) is 0 Å². The molecule has 4 rings (SSSR count). The van der Waals surface area contributed by atoms with Gasteiger partial charge in [-0.25, -0.2) is 4.79 Å². The molecule has 1 atom stereocenters. The molecule has 0 spiro atoms. The van der Waals surface area contributed by atoms with Crippen LogP contribution in [0.25, 0.3) is 0 Å². The minimum atomic E-state index is -0.945. The van der Waals surface area contributed by atoms with Gasteiger partial charge in [0.15, 0.2) is 6.10 Å². The predicted molar refractivity (Wildman–Crippen MR) is 106 cm³/mol. The maximum absolute atomic E-state index is 12.9. The normalized spacial score (nSPS) is 20.8. The summed E-state index contributed by atoms with van der Waals surface area (Å²) in [6, 6.07) is 4.31. The highest BCUT2D eigenvalue weighted by Crippen LogP contribution is 2.31. The second kappa shape index (κ2) is 8.55. The average molecular weight is 414 g/mol. The number of rotatable bonds is 4. The van der Waals surface area contributed by atoms with Crippen molar-refractivity contribution in [3.05, 3.63) is 34.9 Å². The average Bonchev–Trinajstić information content (AvgIpc) is 3.03. The number of hydrogen-bond acceptors (Lipinski definition) is 6. The standard InChI is InChI=1S/C22H26N2O6/c1-14(19(25)23-9-11-29-12-10-23)30-22(28)15-7-8-17-18(13-15)21(27)24(20(17)26)16-5-3-2-4-6-16/h7-8,13-14,16H,2-6,9-12H2,1H3. The number of benzene rings is 1. The van der Waals surface area contributed by atoms with Crippen molar-refractivity contribution in [2.45, 2.75) is 51.2 Å². The van der Waals surface area contributed by atoms with Crippen molar-refractivity contribution in [1.29, 1.82) is 0 Å². The molecule has 1 saturated heterocycles. The van der Waals surface area contributed by atoms with Crippen LogP contribution in [0.15, 0.2) is 18.2 Å². The molecule has 1 aromatic rings. The molecule has 1 aromatic carbocycles. The van der Waals surface area contributed by atoms with E-state index in [9.17, 15) is 19.2 Å². The summed E-state index contributed by atoms with van der Waals surface area (Å²) in [6.07, 6.45) is 3.83. The van der Waals surface area contributed by atoms with Crippen molar-refractivity contribution in [2.24, 2.45) is 0 Å². The van der Waals surface area contributed by atoms with Gasteiger partial charge in [-0.2, -0.15) is 0 Å². The maximum atomic E-state index is 12.9. The minimum absolute atomic E-state index is 0.0762. The molecule has 2 fully saturated rings. The van der Waals surface area contributed by atoms with E-state index in [1.807, 2.05) is 0 Å². The topological polar surface area (TPSA) is 93.2 Å². The molecule has 1 saturated carbocycles. The fourth-order valence-corrected chi connectivity index (χ4v) is 4.38. The summed E-state index contributed by atoms with van der Waals surface area (Å²) in [6.45, 7) is 3.39. The molecule has 0 aromatic heterocycles. The molecule has 30 heavy (non-hydrogen) atoms. The lowest BCUT2D eigenvalue weighted by atomic mass is 9.94. The van der Waals surface area contributed by atoms with Crippen LogP contribution in [0, 0.1) is 0 Å². The molecule has 2 aliphatic heterocycles. The fraction of sp³-hybridized carbons (Fsp3) is 0.545. The summed E-state index contributed by atoms with van der Waals surface area (Å²) in [5, 5.41) is 0. The monoisotopic (exact) mass is 414 g/mol. The molecular weight excluding hydrogens is 388 g/mol. The number of carbonyl (C=O) groups is 4. The first-order valence-corrected chi connectivity index (χ1v) is 10.6. The highest BCUT2D eigenvalue weighted by molar-refractivity contribution is 6.22. The van der Waals surface area contributed by atoms with Crippen molar-refractivity contribution >= 4 is 23.7 Å². The third kappa shape index (κ3) is 3.84. The van der Waals surface area contributed by atoms with Crippen molar-refractivity contribution in [2.75, 3.05) is 26.3 Å². The minimum Gasteiger partial charge on any atom is -0.449 e. The molecule has 0 radical (unpaired) electrons. The largest absolute Gasteiger partial charge is 0.449 e. The Bertz CT molecular complexity index is 870. The van der Waals surface area contributed by atoms with Gasteiger partial charge in [0.2, 0.25) is 0 Å². The van der Waals surface area contributed by atoms with Crippen LogP contribution in [-0.2, 0) is 14.3 Å². The number of imide groups is 1. The van der Waals surface area contributed by atoms with Gasteiger partial charge in [-0.15, -0.1) is 0 Å². The predicted octanol–water partition coefficient (Wildman–Crippen LogP) is 2.02. The smallest absolute Gasteiger partial charge is 0.338 e. The second-order valence-corrected chi connectivity index (χ2v) is 8.02. The first-order chi connectivity index (χ1) is 14.5. The molecule has 0 N–H and O–H groups in total. The Morgan fingerprint density at radius 3 is 2.40 bits per heavy atom. The van der Waals surface area contributed by atoms with Gasteiger partial charge < -0.3 is 14.4 Å². The van der Waals surface area contributed by atoms with E-state index < -0.39 is 12.1 Å². The van der Waals surface area contributed by atoms with Crippen molar-refractivity contribution in [3.63, 3.8) is 0 Å². The lowest BCUT2D eigenvalue weighted by molar-refractivity contribution is -0.143. The Labute approximate surface area is 175 Å². The van der Waals surface area contributed by atoms with Gasteiger partial charge in [-0.05, 0) is 38.0 Å². The quantitative estimate of drug-likeness (QED) is 0.553. The summed E-state index contributed by atoms with van der Waals surface area (Å²) in [5.74, 6) is -1.61. The number of fused-ring (bicyclic) bond motifs is 1. The van der Waals surface area contributed by atoms with E-state index in [0.29, 0.717) is 31.9 Å². The molecule has 1 unspecified atom stereocenters. The third-order valence-electron chi connectivity index (χ3n) is 6.05. The second-order valence-electron chi connectivity index (χ2n) is 8.02. The molecule has 8 heteroatoms. The number of morpholine rings is 1. The zero-order valence-corrected chi connectivity index (χ0v) is 17.1. The maximum Gasteiger partial charge on any atom is 0.338 e. The molecule has 160 valence electrons. The van der Waals surface area contributed by atoms with Crippen LogP contribution in [0.3, 0.4) is 0 Å². The van der Waals surface area contributed by atoms with Crippen molar-refractivity contribution < 1.29 is 28.7 Å². The molecule has 2 heterocycles. The van der Waals surface area contributed by atoms with Crippen LogP contribution in [0.2, 0.25) is 0 Å². The summed E-state index contributed by atoms with van der Waals surface area (Å²) < 4.78 is 10.6. The first-order valence-electron chi connectivity index (χ1n) is 10.6. The van der Waals surface area contributed by atoms with Crippen LogP contribution >= 0.6 is 0 Å². The van der Waals surface area contributed by atoms with Gasteiger partial charge >= 0.3 is 5.97 Å². The Morgan fingerprint density at radius 2 is 1.70 bits per heavy atom. The highest BCUT2D eigenvalue weighted by Gasteiger charge is 2.40. The van der Waals surface area contributed by atoms with Gasteiger partial charge in [0.1, 0.15) is 0 Å². The van der Waals surface area contributed by atoms with Gasteiger partial charge in [0.05, 0.1) is 29.9 Å². The summed E-state index contributed by atoms with van der Waals surface area (Å²) >= 11 is 0. The first kappa shape index (κ1) is 20.5. The van der Waals surface area contributed by atoms with E-state index in [2.05, 4.69) is 0 Å². The van der Waals surface area contributed by atoms with E-state index in [1.54, 1.807) is 4.90 Å². The van der Waals surface area contributed by atoms with Crippen LogP contribution in [0.5, 0.6) is 0 Å². The highest BCUT2D eigenvalue weighted by atomic mass is 16.5. The zero-order valence-electron chi connectivity index (χ0n) is 17.1. The van der Waals surface area contributed by atoms with Crippen molar-refractivity contribution in [1.82, 2.24) is 9.80 Å². The number of nitrogens with zero attached hydrogens (tertiary/aromatic N) is 2. The molecule has 1 aliphatic carbocycles. The molecule has 0 bridgehead atoms. The number of amides is 3. The number of ether oxygens (including phenoxy) is 2. The van der Waals surface area contributed by atoms with E-state index >= 15 is 0 Å². The molecule has 3 aliphatic rings. The lowest BCUT2D eigenvalue weighted by Crippen LogP contribution is -2.46. The Morgan fingerprint density at radius 1 is 1.03 bits per heavy atom. The van der Waals surface area contributed by atoms with E-state index in [0.717, 1.165) is 32.1 Å². The third-order valence-corrected chi connectivity index (χ3v) is 6.05. The van der Waals surface area contributed by atoms with Gasteiger partial charge in [0, 0.05) is 19.1 Å². The Kier molecular flexibility index (Phi) is 5.85. The SMILES string of the molecule is CC(OC(=O)c1ccc2c(c1)C(=O)N(C1CCCCC1)C2=O)C(=O)N1CCOCC1. The fourth-order valence-electron chi connectivity index (χ4n) is 4.38. The van der Waals surface area contributed by atoms with Gasteiger partial charge in [-0.3, -0.25) is 19.3 Å². The van der Waals surface area contributed by atoms with E-state index in [-0.39, 0.29) is 34.9 Å². The van der Waals surface area contributed by atoms with Gasteiger partial charge in [-0.1, -0.05) is 19.3 Å². The molecule has 3 amide bonds. The lowest BCUT2D eigenvalue weighted by Gasteiger charge is -2.29. The van der Waals surface area contributed by atoms with Crippen LogP contribution in [0.1, 0.15) is 70.1 Å². The number of carbonyl (C=O) groups excluding carboxylic acids is 4. The number of hydrogen-bond donors (Lipinski definition) is 0. The summed E-state index contributed by atoms with van der Waals surface area (Å²) in [4.78, 5) is 53.7. The molecular formula is C22H26N2O6. The van der Waals surface area contributed by atoms with Gasteiger partial charge in [0.25, 0.3) is 17.7 Å². The Balaban J connectivity index is 1.46. The summed E-state index contributed by atoms with van der Waals surface area (Å²) in [7, 11) is 0. The van der Waals surface area contributed by atoms with Crippen LogP contribution in [-0.4, -0.2) is 71.9 Å². The van der Waals surface area contributed by atoms with E-state index in [1.165, 1.54) is 30.0 Å².